The molecular formula is C18H20F2N6. The van der Waals surface area contributed by atoms with Crippen molar-refractivity contribution in [2.75, 3.05) is 13.1 Å². The van der Waals surface area contributed by atoms with Gasteiger partial charge in [-0.15, -0.1) is 10.2 Å². The van der Waals surface area contributed by atoms with Crippen LogP contribution in [0.4, 0.5) is 8.78 Å². The van der Waals surface area contributed by atoms with E-state index in [0.717, 1.165) is 17.8 Å². The lowest BCUT2D eigenvalue weighted by Gasteiger charge is -2.11. The van der Waals surface area contributed by atoms with Crippen LogP contribution in [0.2, 0.25) is 0 Å². The van der Waals surface area contributed by atoms with Gasteiger partial charge in [0.25, 0.3) is 0 Å². The van der Waals surface area contributed by atoms with E-state index >= 15 is 0 Å². The maximum absolute atomic E-state index is 13.7. The molecule has 0 bridgehead atoms. The third-order valence-electron chi connectivity index (χ3n) is 3.80. The highest BCUT2D eigenvalue weighted by Gasteiger charge is 2.06. The van der Waals surface area contributed by atoms with E-state index in [4.69, 9.17) is 0 Å². The van der Waals surface area contributed by atoms with Crippen molar-refractivity contribution in [2.24, 2.45) is 4.99 Å². The molecule has 3 rings (SSSR count). The van der Waals surface area contributed by atoms with Gasteiger partial charge in [-0.25, -0.2) is 13.8 Å². The van der Waals surface area contributed by atoms with E-state index in [0.29, 0.717) is 43.4 Å². The molecule has 2 aromatic heterocycles. The van der Waals surface area contributed by atoms with Crippen molar-refractivity contribution in [1.29, 1.82) is 0 Å². The number of halogens is 2. The van der Waals surface area contributed by atoms with Crippen molar-refractivity contribution >= 4 is 11.6 Å². The molecule has 136 valence electrons. The molecule has 0 radical (unpaired) electrons. The predicted molar refractivity (Wildman–Crippen MR) is 95.9 cm³/mol. The molecule has 0 fully saturated rings. The van der Waals surface area contributed by atoms with Crippen molar-refractivity contribution in [3.8, 4) is 0 Å². The SMILES string of the molecule is CCNC(=NCc1nnc2ccccn12)NCCc1cc(F)ccc1F. The lowest BCUT2D eigenvalue weighted by atomic mass is 10.1. The minimum Gasteiger partial charge on any atom is -0.357 e. The Morgan fingerprint density at radius 1 is 1.15 bits per heavy atom. The van der Waals surface area contributed by atoms with Crippen LogP contribution in [0.5, 0.6) is 0 Å². The number of rotatable bonds is 6. The smallest absolute Gasteiger partial charge is 0.191 e. The fourth-order valence-electron chi connectivity index (χ4n) is 2.54. The number of aromatic nitrogens is 3. The summed E-state index contributed by atoms with van der Waals surface area (Å²) in [5.41, 5.74) is 1.09. The van der Waals surface area contributed by atoms with E-state index in [1.54, 1.807) is 0 Å². The van der Waals surface area contributed by atoms with Gasteiger partial charge in [0.15, 0.2) is 17.4 Å². The number of hydrogen-bond donors (Lipinski definition) is 2. The van der Waals surface area contributed by atoms with Gasteiger partial charge in [-0.05, 0) is 49.2 Å². The van der Waals surface area contributed by atoms with Crippen LogP contribution < -0.4 is 10.6 Å². The number of nitrogens with zero attached hydrogens (tertiary/aromatic N) is 4. The predicted octanol–water partition coefficient (Wildman–Crippen LogP) is 2.31. The number of pyridine rings is 1. The molecule has 0 saturated carbocycles. The van der Waals surface area contributed by atoms with Gasteiger partial charge in [0.2, 0.25) is 0 Å². The van der Waals surface area contributed by atoms with Gasteiger partial charge in [0.1, 0.15) is 18.2 Å². The Morgan fingerprint density at radius 2 is 2.04 bits per heavy atom. The maximum atomic E-state index is 13.7. The van der Waals surface area contributed by atoms with Crippen LogP contribution in [0.25, 0.3) is 5.65 Å². The van der Waals surface area contributed by atoms with Gasteiger partial charge in [-0.1, -0.05) is 6.07 Å². The first-order valence-electron chi connectivity index (χ1n) is 8.42. The van der Waals surface area contributed by atoms with E-state index < -0.39 is 11.6 Å². The summed E-state index contributed by atoms with van der Waals surface area (Å²) in [6.07, 6.45) is 2.23. The molecular weight excluding hydrogens is 338 g/mol. The van der Waals surface area contributed by atoms with Crippen LogP contribution in [0.15, 0.2) is 47.6 Å². The van der Waals surface area contributed by atoms with Gasteiger partial charge in [-0.2, -0.15) is 0 Å². The highest BCUT2D eigenvalue weighted by Crippen LogP contribution is 2.09. The third-order valence-corrected chi connectivity index (χ3v) is 3.80. The van der Waals surface area contributed by atoms with Crippen molar-refractivity contribution in [1.82, 2.24) is 25.2 Å². The quantitative estimate of drug-likeness (QED) is 0.524. The van der Waals surface area contributed by atoms with Crippen LogP contribution >= 0.6 is 0 Å². The Bertz CT molecular complexity index is 906. The van der Waals surface area contributed by atoms with Crippen molar-refractivity contribution < 1.29 is 8.78 Å². The summed E-state index contributed by atoms with van der Waals surface area (Å²) in [4.78, 5) is 4.48. The average molecular weight is 358 g/mol. The largest absolute Gasteiger partial charge is 0.357 e. The summed E-state index contributed by atoms with van der Waals surface area (Å²) in [5.74, 6) is 0.441. The van der Waals surface area contributed by atoms with E-state index in [1.807, 2.05) is 35.7 Å². The Hall–Kier alpha value is -3.03. The molecule has 0 atom stereocenters. The molecule has 0 spiro atoms. The van der Waals surface area contributed by atoms with E-state index in [1.165, 1.54) is 6.07 Å². The Balaban J connectivity index is 1.63. The second-order valence-corrected chi connectivity index (χ2v) is 5.65. The van der Waals surface area contributed by atoms with Crippen molar-refractivity contribution in [2.45, 2.75) is 19.9 Å². The van der Waals surface area contributed by atoms with Crippen molar-refractivity contribution in [3.05, 3.63) is 65.6 Å². The molecule has 0 aliphatic rings. The minimum absolute atomic E-state index is 0.330. The average Bonchev–Trinajstić information content (AvgIpc) is 3.06. The minimum atomic E-state index is -0.444. The van der Waals surface area contributed by atoms with Gasteiger partial charge >= 0.3 is 0 Å². The molecule has 8 heteroatoms. The molecule has 0 unspecified atom stereocenters. The van der Waals surface area contributed by atoms with E-state index in [9.17, 15) is 8.78 Å². The van der Waals surface area contributed by atoms with Crippen LogP contribution in [-0.4, -0.2) is 33.6 Å². The fraction of sp³-hybridized carbons (Fsp3) is 0.278. The van der Waals surface area contributed by atoms with Gasteiger partial charge in [0.05, 0.1) is 0 Å². The first-order valence-corrected chi connectivity index (χ1v) is 8.42. The topological polar surface area (TPSA) is 66.6 Å². The second kappa shape index (κ2) is 8.37. The molecule has 2 heterocycles. The number of fused-ring (bicyclic) bond motifs is 1. The molecule has 1 aromatic carbocycles. The summed E-state index contributed by atoms with van der Waals surface area (Å²) in [6, 6.07) is 9.14. The fourth-order valence-corrected chi connectivity index (χ4v) is 2.54. The maximum Gasteiger partial charge on any atom is 0.191 e. The molecule has 0 amide bonds. The van der Waals surface area contributed by atoms with E-state index in [-0.39, 0.29) is 0 Å². The highest BCUT2D eigenvalue weighted by atomic mass is 19.1. The monoisotopic (exact) mass is 358 g/mol. The van der Waals surface area contributed by atoms with Gasteiger partial charge < -0.3 is 10.6 Å². The number of benzene rings is 1. The van der Waals surface area contributed by atoms with Gasteiger partial charge in [-0.3, -0.25) is 4.40 Å². The van der Waals surface area contributed by atoms with Crippen LogP contribution in [0, 0.1) is 11.6 Å². The number of nitrogens with one attached hydrogen (secondary N) is 2. The molecule has 0 aliphatic carbocycles. The molecule has 3 aromatic rings. The van der Waals surface area contributed by atoms with E-state index in [2.05, 4.69) is 25.8 Å². The third kappa shape index (κ3) is 4.33. The zero-order valence-corrected chi connectivity index (χ0v) is 14.4. The lowest BCUT2D eigenvalue weighted by Crippen LogP contribution is -2.38. The summed E-state index contributed by atoms with van der Waals surface area (Å²) >= 11 is 0. The molecule has 2 N–H and O–H groups in total. The Labute approximate surface area is 150 Å². The van der Waals surface area contributed by atoms with Crippen molar-refractivity contribution in [3.63, 3.8) is 0 Å². The van der Waals surface area contributed by atoms with Crippen LogP contribution in [0.3, 0.4) is 0 Å². The summed E-state index contributed by atoms with van der Waals surface area (Å²) in [5, 5.41) is 14.5. The summed E-state index contributed by atoms with van der Waals surface area (Å²) in [6.45, 7) is 3.40. The molecule has 0 saturated heterocycles. The lowest BCUT2D eigenvalue weighted by molar-refractivity contribution is 0.583. The van der Waals surface area contributed by atoms with Crippen LogP contribution in [-0.2, 0) is 13.0 Å². The molecule has 6 nitrogen and oxygen atoms in total. The molecule has 0 aliphatic heterocycles. The zero-order valence-electron chi connectivity index (χ0n) is 14.4. The normalized spacial score (nSPS) is 11.7. The second-order valence-electron chi connectivity index (χ2n) is 5.65. The first-order chi connectivity index (χ1) is 12.7. The Morgan fingerprint density at radius 3 is 2.88 bits per heavy atom. The summed E-state index contributed by atoms with van der Waals surface area (Å²) < 4.78 is 28.8. The number of hydrogen-bond acceptors (Lipinski definition) is 3. The number of guanidine groups is 1. The van der Waals surface area contributed by atoms with Crippen LogP contribution in [0.1, 0.15) is 18.3 Å². The number of aliphatic imine (C=N–C) groups is 1. The standard InChI is InChI=1S/C18H20F2N6/c1-2-21-18(22-9-8-13-11-14(19)6-7-15(13)20)23-12-17-25-24-16-5-3-4-10-26(16)17/h3-7,10-11H,2,8-9,12H2,1H3,(H2,21,22,23). The highest BCUT2D eigenvalue weighted by molar-refractivity contribution is 5.79. The Kier molecular flexibility index (Phi) is 5.73. The van der Waals surface area contributed by atoms with Gasteiger partial charge in [0, 0.05) is 19.3 Å². The first kappa shape index (κ1) is 17.8. The molecule has 26 heavy (non-hydrogen) atoms. The summed E-state index contributed by atoms with van der Waals surface area (Å²) in [7, 11) is 0. The zero-order chi connectivity index (χ0) is 18.4.